The number of nitrogen functional groups attached to an aromatic ring is 1. The van der Waals surface area contributed by atoms with Crippen molar-refractivity contribution in [3.63, 3.8) is 0 Å². The molecular weight excluding hydrogens is 284 g/mol. The van der Waals surface area contributed by atoms with Crippen molar-refractivity contribution in [2.45, 2.75) is 0 Å². The third-order valence-electron chi connectivity index (χ3n) is 2.65. The summed E-state index contributed by atoms with van der Waals surface area (Å²) in [6.07, 6.45) is 0. The zero-order valence-electron chi connectivity index (χ0n) is 10.5. The molecule has 2 aromatic carbocycles. The van der Waals surface area contributed by atoms with E-state index >= 15 is 0 Å². The summed E-state index contributed by atoms with van der Waals surface area (Å²) >= 11 is 0. The SMILES string of the molecule is Nc1c(F)cccc1C(=O)Nc1cc(F)cc([N+](=O)[O-])c1. The predicted octanol–water partition coefficient (Wildman–Crippen LogP) is 2.71. The van der Waals surface area contributed by atoms with Gasteiger partial charge in [0.1, 0.15) is 11.6 Å². The molecule has 0 aromatic heterocycles. The number of nitrogens with one attached hydrogen (secondary N) is 1. The lowest BCUT2D eigenvalue weighted by Gasteiger charge is -2.08. The topological polar surface area (TPSA) is 98.3 Å². The molecule has 0 aliphatic carbocycles. The van der Waals surface area contributed by atoms with Crippen molar-refractivity contribution < 1.29 is 18.5 Å². The zero-order valence-corrected chi connectivity index (χ0v) is 10.5. The normalized spacial score (nSPS) is 10.2. The van der Waals surface area contributed by atoms with Crippen LogP contribution in [0.2, 0.25) is 0 Å². The molecule has 8 heteroatoms. The molecule has 0 spiro atoms. The van der Waals surface area contributed by atoms with E-state index in [9.17, 15) is 23.7 Å². The molecule has 0 heterocycles. The number of hydrogen-bond donors (Lipinski definition) is 2. The van der Waals surface area contributed by atoms with Gasteiger partial charge >= 0.3 is 0 Å². The fourth-order valence-corrected chi connectivity index (χ4v) is 1.69. The van der Waals surface area contributed by atoms with E-state index in [0.717, 1.165) is 18.2 Å². The van der Waals surface area contributed by atoms with Crippen LogP contribution < -0.4 is 11.1 Å². The number of carbonyl (C=O) groups is 1. The highest BCUT2D eigenvalue weighted by molar-refractivity contribution is 6.07. The van der Waals surface area contributed by atoms with Crippen LogP contribution in [0.1, 0.15) is 10.4 Å². The Kier molecular flexibility index (Phi) is 3.79. The number of anilines is 2. The van der Waals surface area contributed by atoms with Crippen LogP contribution in [0.5, 0.6) is 0 Å². The molecule has 2 rings (SSSR count). The van der Waals surface area contributed by atoms with E-state index in [1.807, 2.05) is 0 Å². The van der Waals surface area contributed by atoms with Crippen molar-refractivity contribution in [3.05, 3.63) is 63.7 Å². The minimum Gasteiger partial charge on any atom is -0.396 e. The number of nitro groups is 1. The highest BCUT2D eigenvalue weighted by Gasteiger charge is 2.15. The van der Waals surface area contributed by atoms with Gasteiger partial charge in [-0.25, -0.2) is 8.78 Å². The summed E-state index contributed by atoms with van der Waals surface area (Å²) in [4.78, 5) is 21.7. The van der Waals surface area contributed by atoms with Gasteiger partial charge in [-0.05, 0) is 18.2 Å². The van der Waals surface area contributed by atoms with Crippen molar-refractivity contribution in [1.29, 1.82) is 0 Å². The van der Waals surface area contributed by atoms with E-state index in [4.69, 9.17) is 5.73 Å². The minimum atomic E-state index is -0.883. The summed E-state index contributed by atoms with van der Waals surface area (Å²) in [6, 6.07) is 6.25. The molecule has 0 atom stereocenters. The first kappa shape index (κ1) is 14.4. The molecule has 0 saturated heterocycles. The van der Waals surface area contributed by atoms with Gasteiger partial charge in [0.15, 0.2) is 0 Å². The molecule has 0 unspecified atom stereocenters. The monoisotopic (exact) mass is 293 g/mol. The second-order valence-corrected chi connectivity index (χ2v) is 4.11. The average molecular weight is 293 g/mol. The van der Waals surface area contributed by atoms with Crippen LogP contribution in [-0.4, -0.2) is 10.8 Å². The molecule has 21 heavy (non-hydrogen) atoms. The second-order valence-electron chi connectivity index (χ2n) is 4.11. The lowest BCUT2D eigenvalue weighted by molar-refractivity contribution is -0.385. The number of non-ortho nitro benzene ring substituents is 1. The summed E-state index contributed by atoms with van der Waals surface area (Å²) < 4.78 is 26.5. The molecule has 0 fully saturated rings. The number of carbonyl (C=O) groups excluding carboxylic acids is 1. The Hall–Kier alpha value is -3.03. The molecule has 2 aromatic rings. The molecule has 6 nitrogen and oxygen atoms in total. The number of benzene rings is 2. The number of halogens is 2. The highest BCUT2D eigenvalue weighted by atomic mass is 19.1. The van der Waals surface area contributed by atoms with E-state index in [2.05, 4.69) is 5.32 Å². The van der Waals surface area contributed by atoms with Crippen molar-refractivity contribution in [3.8, 4) is 0 Å². The molecular formula is C13H9F2N3O3. The van der Waals surface area contributed by atoms with Crippen molar-refractivity contribution in [2.24, 2.45) is 0 Å². The average Bonchev–Trinajstić information content (AvgIpc) is 2.41. The fourth-order valence-electron chi connectivity index (χ4n) is 1.69. The lowest BCUT2D eigenvalue weighted by atomic mass is 10.1. The molecule has 1 amide bonds. The molecule has 0 aliphatic heterocycles. The number of para-hydroxylation sites is 1. The van der Waals surface area contributed by atoms with Gasteiger partial charge in [-0.2, -0.15) is 0 Å². The van der Waals surface area contributed by atoms with E-state index in [0.29, 0.717) is 6.07 Å². The first-order chi connectivity index (χ1) is 9.88. The Labute approximate surface area is 117 Å². The third kappa shape index (κ3) is 3.11. The summed E-state index contributed by atoms with van der Waals surface area (Å²) in [7, 11) is 0. The maximum atomic E-state index is 13.3. The Bertz CT molecular complexity index is 735. The number of nitro benzene ring substituents is 1. The van der Waals surface area contributed by atoms with E-state index in [1.54, 1.807) is 0 Å². The number of hydrogen-bond acceptors (Lipinski definition) is 4. The van der Waals surface area contributed by atoms with Gasteiger partial charge in [-0.1, -0.05) is 6.07 Å². The maximum Gasteiger partial charge on any atom is 0.274 e. The van der Waals surface area contributed by atoms with Crippen LogP contribution in [0.15, 0.2) is 36.4 Å². The summed E-state index contributed by atoms with van der Waals surface area (Å²) in [5.41, 5.74) is 4.27. The lowest BCUT2D eigenvalue weighted by Crippen LogP contribution is -2.15. The second kappa shape index (κ2) is 5.53. The third-order valence-corrected chi connectivity index (χ3v) is 2.65. The summed E-state index contributed by atoms with van der Waals surface area (Å²) in [6.45, 7) is 0. The van der Waals surface area contributed by atoms with Crippen LogP contribution in [0.3, 0.4) is 0 Å². The highest BCUT2D eigenvalue weighted by Crippen LogP contribution is 2.22. The smallest absolute Gasteiger partial charge is 0.274 e. The number of amides is 1. The van der Waals surface area contributed by atoms with E-state index < -0.39 is 28.2 Å². The number of nitrogens with zero attached hydrogens (tertiary/aromatic N) is 1. The molecule has 0 aliphatic rings. The van der Waals surface area contributed by atoms with Gasteiger partial charge in [0.2, 0.25) is 0 Å². The Morgan fingerprint density at radius 1 is 1.24 bits per heavy atom. The van der Waals surface area contributed by atoms with E-state index in [-0.39, 0.29) is 16.9 Å². The van der Waals surface area contributed by atoms with Gasteiger partial charge in [0, 0.05) is 6.07 Å². The molecule has 3 N–H and O–H groups in total. The quantitative estimate of drug-likeness (QED) is 0.516. The van der Waals surface area contributed by atoms with Crippen LogP contribution in [0.25, 0.3) is 0 Å². The minimum absolute atomic E-state index is 0.129. The van der Waals surface area contributed by atoms with Crippen LogP contribution >= 0.6 is 0 Å². The molecule has 0 bridgehead atoms. The molecule has 0 radical (unpaired) electrons. The van der Waals surface area contributed by atoms with Gasteiger partial charge in [0.25, 0.3) is 11.6 Å². The summed E-state index contributed by atoms with van der Waals surface area (Å²) in [5, 5.41) is 12.8. The zero-order chi connectivity index (χ0) is 15.6. The van der Waals surface area contributed by atoms with Gasteiger partial charge in [0.05, 0.1) is 27.9 Å². The Balaban J connectivity index is 2.31. The van der Waals surface area contributed by atoms with Crippen molar-refractivity contribution >= 4 is 23.0 Å². The largest absolute Gasteiger partial charge is 0.396 e. The first-order valence-electron chi connectivity index (χ1n) is 5.69. The van der Waals surface area contributed by atoms with Crippen molar-refractivity contribution in [1.82, 2.24) is 0 Å². The molecule has 0 saturated carbocycles. The van der Waals surface area contributed by atoms with Crippen LogP contribution in [0, 0.1) is 21.7 Å². The van der Waals surface area contributed by atoms with Crippen molar-refractivity contribution in [2.75, 3.05) is 11.1 Å². The number of nitrogens with two attached hydrogens (primary N) is 1. The summed E-state index contributed by atoms with van der Waals surface area (Å²) in [5.74, 6) is -2.45. The van der Waals surface area contributed by atoms with Crippen LogP contribution in [-0.2, 0) is 0 Å². The van der Waals surface area contributed by atoms with E-state index in [1.165, 1.54) is 12.1 Å². The van der Waals surface area contributed by atoms with Crippen LogP contribution in [0.4, 0.5) is 25.8 Å². The Morgan fingerprint density at radius 3 is 2.62 bits per heavy atom. The van der Waals surface area contributed by atoms with Gasteiger partial charge < -0.3 is 11.1 Å². The first-order valence-corrected chi connectivity index (χ1v) is 5.69. The van der Waals surface area contributed by atoms with Gasteiger partial charge in [-0.3, -0.25) is 14.9 Å². The van der Waals surface area contributed by atoms with Gasteiger partial charge in [-0.15, -0.1) is 0 Å². The predicted molar refractivity (Wildman–Crippen MR) is 71.8 cm³/mol. The molecule has 108 valence electrons. The Morgan fingerprint density at radius 2 is 1.95 bits per heavy atom. The number of rotatable bonds is 3. The maximum absolute atomic E-state index is 13.3. The standard InChI is InChI=1S/C13H9F2N3O3/c14-7-4-8(6-9(5-7)18(20)21)17-13(19)10-2-1-3-11(15)12(10)16/h1-6H,16H2,(H,17,19). The fraction of sp³-hybridized carbons (Fsp3) is 0.